The number of aryl methyl sites for hydroxylation is 2. The van der Waals surface area contributed by atoms with Crippen LogP contribution in [0.1, 0.15) is 27.2 Å². The van der Waals surface area contributed by atoms with Gasteiger partial charge in [0.15, 0.2) is 0 Å². The number of rotatable bonds is 5. The second-order valence-corrected chi connectivity index (χ2v) is 7.24. The number of nitrogens with zero attached hydrogens (tertiary/aromatic N) is 1. The van der Waals surface area contributed by atoms with Crippen LogP contribution in [0.4, 0.5) is 5.69 Å². The van der Waals surface area contributed by atoms with Crippen molar-refractivity contribution in [1.82, 2.24) is 0 Å². The van der Waals surface area contributed by atoms with Gasteiger partial charge in [-0.2, -0.15) is 5.26 Å². The molecule has 2 aromatic carbocycles. The summed E-state index contributed by atoms with van der Waals surface area (Å²) in [4.78, 5) is 24.4. The number of carbonyl (C=O) groups excluding carboxylic acids is 2. The summed E-state index contributed by atoms with van der Waals surface area (Å²) in [6, 6.07) is 15.5. The van der Waals surface area contributed by atoms with E-state index in [1.54, 1.807) is 30.3 Å². The molecule has 0 aliphatic heterocycles. The zero-order valence-corrected chi connectivity index (χ0v) is 17.9. The standard InChI is InChI=1S/C24H19ClN2O4/c1-14-4-5-15(2)21(10-14)27-23(28)17(13-26)11-18-7-9-22(31-18)19-12-16(24(29)30-3)6-8-20(19)25/h4-12H,1-3H3,(H,27,28)/b17-11+. The highest BCUT2D eigenvalue weighted by Crippen LogP contribution is 2.31. The summed E-state index contributed by atoms with van der Waals surface area (Å²) in [6.45, 7) is 3.79. The minimum atomic E-state index is -0.542. The average molecular weight is 435 g/mol. The maximum Gasteiger partial charge on any atom is 0.337 e. The first-order valence-electron chi connectivity index (χ1n) is 9.31. The van der Waals surface area contributed by atoms with Gasteiger partial charge in [0, 0.05) is 17.3 Å². The lowest BCUT2D eigenvalue weighted by molar-refractivity contribution is -0.112. The molecule has 0 saturated heterocycles. The molecule has 1 N–H and O–H groups in total. The molecule has 0 fully saturated rings. The van der Waals surface area contributed by atoms with Crippen molar-refractivity contribution in [2.24, 2.45) is 0 Å². The van der Waals surface area contributed by atoms with Gasteiger partial charge in [-0.25, -0.2) is 4.79 Å². The second kappa shape index (κ2) is 9.33. The van der Waals surface area contributed by atoms with Gasteiger partial charge in [0.1, 0.15) is 23.2 Å². The molecule has 3 rings (SSSR count). The topological polar surface area (TPSA) is 92.3 Å². The molecule has 0 aliphatic carbocycles. The Bertz CT molecular complexity index is 1230. The van der Waals surface area contributed by atoms with Crippen LogP contribution in [0.25, 0.3) is 17.4 Å². The van der Waals surface area contributed by atoms with Crippen LogP contribution in [0.5, 0.6) is 0 Å². The number of furan rings is 1. The van der Waals surface area contributed by atoms with Crippen molar-refractivity contribution in [3.63, 3.8) is 0 Å². The highest BCUT2D eigenvalue weighted by atomic mass is 35.5. The van der Waals surface area contributed by atoms with E-state index in [-0.39, 0.29) is 5.57 Å². The Morgan fingerprint density at radius 1 is 1.13 bits per heavy atom. The van der Waals surface area contributed by atoms with Crippen LogP contribution in [-0.4, -0.2) is 19.0 Å². The van der Waals surface area contributed by atoms with Crippen molar-refractivity contribution >= 4 is 35.2 Å². The van der Waals surface area contributed by atoms with Crippen LogP contribution in [-0.2, 0) is 9.53 Å². The summed E-state index contributed by atoms with van der Waals surface area (Å²) in [5.74, 6) is -0.365. The van der Waals surface area contributed by atoms with Crippen LogP contribution in [0.2, 0.25) is 5.02 Å². The molecule has 0 unspecified atom stereocenters. The van der Waals surface area contributed by atoms with Gasteiger partial charge < -0.3 is 14.5 Å². The monoisotopic (exact) mass is 434 g/mol. The maximum absolute atomic E-state index is 12.6. The molecule has 0 atom stereocenters. The largest absolute Gasteiger partial charge is 0.465 e. The lowest BCUT2D eigenvalue weighted by Crippen LogP contribution is -2.14. The van der Waals surface area contributed by atoms with E-state index in [9.17, 15) is 14.9 Å². The number of nitrogens with one attached hydrogen (secondary N) is 1. The molecule has 156 valence electrons. The van der Waals surface area contributed by atoms with Gasteiger partial charge >= 0.3 is 5.97 Å². The Labute approximate surface area is 184 Å². The number of methoxy groups -OCH3 is 1. The molecular formula is C24H19ClN2O4. The van der Waals surface area contributed by atoms with Crippen LogP contribution in [0.15, 0.2) is 58.5 Å². The summed E-state index contributed by atoms with van der Waals surface area (Å²) in [5.41, 5.74) is 3.21. The van der Waals surface area contributed by atoms with Crippen molar-refractivity contribution in [1.29, 1.82) is 5.26 Å². The fourth-order valence-corrected chi connectivity index (χ4v) is 3.10. The number of hydrogen-bond acceptors (Lipinski definition) is 5. The Hall–Kier alpha value is -3.82. The Balaban J connectivity index is 1.87. The van der Waals surface area contributed by atoms with Crippen molar-refractivity contribution < 1.29 is 18.7 Å². The summed E-state index contributed by atoms with van der Waals surface area (Å²) in [5, 5.41) is 12.6. The normalized spacial score (nSPS) is 11.0. The minimum absolute atomic E-state index is 0.115. The first-order valence-corrected chi connectivity index (χ1v) is 9.68. The summed E-state index contributed by atoms with van der Waals surface area (Å²) in [6.07, 6.45) is 1.35. The number of benzene rings is 2. The maximum atomic E-state index is 12.6. The third-order valence-corrected chi connectivity index (χ3v) is 4.90. The van der Waals surface area contributed by atoms with Crippen molar-refractivity contribution in [3.05, 3.63) is 81.6 Å². The number of anilines is 1. The van der Waals surface area contributed by atoms with Gasteiger partial charge in [-0.05, 0) is 61.4 Å². The number of carbonyl (C=O) groups is 2. The Morgan fingerprint density at radius 2 is 1.90 bits per heavy atom. The highest BCUT2D eigenvalue weighted by Gasteiger charge is 2.15. The minimum Gasteiger partial charge on any atom is -0.465 e. The van der Waals surface area contributed by atoms with Crippen LogP contribution >= 0.6 is 11.6 Å². The Kier molecular flexibility index (Phi) is 6.58. The van der Waals surface area contributed by atoms with Crippen molar-refractivity contribution in [2.75, 3.05) is 12.4 Å². The molecule has 0 aliphatic rings. The molecule has 0 spiro atoms. The number of ether oxygens (including phenoxy) is 1. The average Bonchev–Trinajstić information content (AvgIpc) is 3.22. The first kappa shape index (κ1) is 21.9. The summed E-state index contributed by atoms with van der Waals surface area (Å²) < 4.78 is 10.5. The molecule has 0 saturated carbocycles. The smallest absolute Gasteiger partial charge is 0.337 e. The molecule has 31 heavy (non-hydrogen) atoms. The van der Waals surface area contributed by atoms with E-state index >= 15 is 0 Å². The first-order chi connectivity index (χ1) is 14.8. The van der Waals surface area contributed by atoms with Gasteiger partial charge in [-0.15, -0.1) is 0 Å². The second-order valence-electron chi connectivity index (χ2n) is 6.83. The van der Waals surface area contributed by atoms with E-state index in [0.717, 1.165) is 11.1 Å². The Morgan fingerprint density at radius 3 is 2.61 bits per heavy atom. The lowest BCUT2D eigenvalue weighted by atomic mass is 10.1. The molecule has 1 aromatic heterocycles. The van der Waals surface area contributed by atoms with Crippen molar-refractivity contribution in [2.45, 2.75) is 13.8 Å². The van der Waals surface area contributed by atoms with E-state index in [2.05, 4.69) is 5.32 Å². The van der Waals surface area contributed by atoms with Crippen molar-refractivity contribution in [3.8, 4) is 17.4 Å². The van der Waals surface area contributed by atoms with Gasteiger partial charge in [-0.1, -0.05) is 23.7 Å². The van der Waals surface area contributed by atoms with Crippen LogP contribution < -0.4 is 5.32 Å². The van der Waals surface area contributed by atoms with Gasteiger partial charge in [-0.3, -0.25) is 4.79 Å². The summed E-state index contributed by atoms with van der Waals surface area (Å²) >= 11 is 6.25. The zero-order valence-electron chi connectivity index (χ0n) is 17.2. The van der Waals surface area contributed by atoms with E-state index < -0.39 is 11.9 Å². The molecule has 3 aromatic rings. The molecule has 7 heteroatoms. The fraction of sp³-hybridized carbons (Fsp3) is 0.125. The predicted molar refractivity (Wildman–Crippen MR) is 119 cm³/mol. The third-order valence-electron chi connectivity index (χ3n) is 4.57. The van der Waals surface area contributed by atoms with E-state index in [1.807, 2.05) is 38.1 Å². The van der Waals surface area contributed by atoms with Crippen LogP contribution in [0.3, 0.4) is 0 Å². The number of halogens is 1. The molecule has 0 bridgehead atoms. The SMILES string of the molecule is COC(=O)c1ccc(Cl)c(-c2ccc(/C=C(\C#N)C(=O)Nc3cc(C)ccc3C)o2)c1. The van der Waals surface area contributed by atoms with Gasteiger partial charge in [0.2, 0.25) is 0 Å². The van der Waals surface area contributed by atoms with E-state index in [4.69, 9.17) is 20.8 Å². The molecule has 0 radical (unpaired) electrons. The fourth-order valence-electron chi connectivity index (χ4n) is 2.89. The third kappa shape index (κ3) is 5.03. The molecular weight excluding hydrogens is 416 g/mol. The van der Waals surface area contributed by atoms with E-state index in [0.29, 0.717) is 33.4 Å². The molecule has 6 nitrogen and oxygen atoms in total. The summed E-state index contributed by atoms with van der Waals surface area (Å²) in [7, 11) is 1.29. The van der Waals surface area contributed by atoms with Crippen LogP contribution in [0, 0.1) is 25.2 Å². The van der Waals surface area contributed by atoms with E-state index in [1.165, 1.54) is 13.2 Å². The zero-order chi connectivity index (χ0) is 22.5. The number of hydrogen-bond donors (Lipinski definition) is 1. The lowest BCUT2D eigenvalue weighted by Gasteiger charge is -2.08. The molecule has 1 amide bonds. The van der Waals surface area contributed by atoms with Gasteiger partial charge in [0.25, 0.3) is 5.91 Å². The highest BCUT2D eigenvalue weighted by molar-refractivity contribution is 6.33. The molecule has 1 heterocycles. The predicted octanol–water partition coefficient (Wildman–Crippen LogP) is 5.55. The number of amides is 1. The number of esters is 1. The quantitative estimate of drug-likeness (QED) is 0.323. The number of nitriles is 1. The van der Waals surface area contributed by atoms with Gasteiger partial charge in [0.05, 0.1) is 17.7 Å².